The van der Waals surface area contributed by atoms with Gasteiger partial charge in [-0.05, 0) is 6.42 Å². The second-order valence-corrected chi connectivity index (χ2v) is 4.08. The lowest BCUT2D eigenvalue weighted by atomic mass is 9.89. The van der Waals surface area contributed by atoms with Crippen molar-refractivity contribution in [3.05, 3.63) is 24.6 Å². The van der Waals surface area contributed by atoms with Crippen LogP contribution in [0.2, 0.25) is 0 Å². The maximum absolute atomic E-state index is 4.14. The van der Waals surface area contributed by atoms with E-state index in [1.54, 1.807) is 0 Å². The Hall–Kier alpha value is -0.720. The molecule has 0 radical (unpaired) electrons. The molecule has 0 aromatic rings. The van der Waals surface area contributed by atoms with Crippen molar-refractivity contribution in [2.45, 2.75) is 33.1 Å². The Morgan fingerprint density at radius 3 is 2.31 bits per heavy atom. The number of nitrogens with zero attached hydrogens (tertiary/aromatic N) is 1. The molecule has 1 nitrogen and oxygen atoms in total. The van der Waals surface area contributed by atoms with Crippen LogP contribution >= 0.6 is 0 Å². The van der Waals surface area contributed by atoms with E-state index in [2.05, 4.69) is 39.0 Å². The monoisotopic (exact) mass is 179 g/mol. The van der Waals surface area contributed by atoms with Crippen LogP contribution in [0.3, 0.4) is 0 Å². The topological polar surface area (TPSA) is 3.24 Å². The first-order valence-electron chi connectivity index (χ1n) is 5.20. The van der Waals surface area contributed by atoms with Crippen LogP contribution in [0, 0.1) is 11.8 Å². The van der Waals surface area contributed by atoms with Crippen LogP contribution in [0.5, 0.6) is 0 Å². The lowest BCUT2D eigenvalue weighted by Gasteiger charge is -2.15. The number of likely N-dealkylation sites (tertiary alicyclic amines) is 1. The minimum Gasteiger partial charge on any atom is -0.352 e. The van der Waals surface area contributed by atoms with E-state index in [9.17, 15) is 0 Å². The molecule has 2 atom stereocenters. The van der Waals surface area contributed by atoms with Crippen LogP contribution in [0.15, 0.2) is 24.6 Å². The second-order valence-electron chi connectivity index (χ2n) is 4.08. The molecule has 1 heterocycles. The van der Waals surface area contributed by atoms with Gasteiger partial charge in [-0.3, -0.25) is 0 Å². The van der Waals surface area contributed by atoms with Crippen molar-refractivity contribution in [3.8, 4) is 0 Å². The average Bonchev–Trinajstić information content (AvgIpc) is 2.30. The highest BCUT2D eigenvalue weighted by molar-refractivity contribution is 5.22. The molecule has 1 fully saturated rings. The van der Waals surface area contributed by atoms with Crippen LogP contribution in [-0.4, -0.2) is 11.9 Å². The lowest BCUT2D eigenvalue weighted by Crippen LogP contribution is -2.09. The summed E-state index contributed by atoms with van der Waals surface area (Å²) in [4.78, 5) is 2.16. The Morgan fingerprint density at radius 2 is 1.92 bits per heavy atom. The smallest absolute Gasteiger partial charge is 0.0139 e. The maximum atomic E-state index is 4.14. The zero-order valence-corrected chi connectivity index (χ0v) is 9.14. The molecule has 1 heteroatoms. The van der Waals surface area contributed by atoms with Gasteiger partial charge >= 0.3 is 0 Å². The van der Waals surface area contributed by atoms with Gasteiger partial charge in [0, 0.05) is 30.3 Å². The third-order valence-electron chi connectivity index (χ3n) is 3.29. The molecule has 0 amide bonds. The molecular weight excluding hydrogens is 158 g/mol. The summed E-state index contributed by atoms with van der Waals surface area (Å²) in [5, 5.41) is 0. The average molecular weight is 179 g/mol. The van der Waals surface area contributed by atoms with Crippen molar-refractivity contribution in [2.75, 3.05) is 7.05 Å². The predicted molar refractivity (Wildman–Crippen MR) is 58.2 cm³/mol. The van der Waals surface area contributed by atoms with Gasteiger partial charge in [0.2, 0.25) is 0 Å². The largest absolute Gasteiger partial charge is 0.352 e. The molecule has 0 spiro atoms. The number of unbranched alkanes of at least 4 members (excludes halogenated alkanes) is 1. The van der Waals surface area contributed by atoms with E-state index in [4.69, 9.17) is 0 Å². The summed E-state index contributed by atoms with van der Waals surface area (Å²) >= 11 is 0. The summed E-state index contributed by atoms with van der Waals surface area (Å²) in [5.41, 5.74) is 2.48. The van der Waals surface area contributed by atoms with Gasteiger partial charge in [-0.2, -0.15) is 0 Å². The fourth-order valence-corrected chi connectivity index (χ4v) is 2.10. The predicted octanol–water partition coefficient (Wildman–Crippen LogP) is 3.40. The fourth-order valence-electron chi connectivity index (χ4n) is 2.10. The summed E-state index contributed by atoms with van der Waals surface area (Å²) in [6.45, 7) is 12.7. The van der Waals surface area contributed by atoms with Gasteiger partial charge in [0.05, 0.1) is 0 Å². The first-order chi connectivity index (χ1) is 6.09. The molecule has 0 aromatic heterocycles. The molecule has 0 bridgehead atoms. The van der Waals surface area contributed by atoms with E-state index in [1.165, 1.54) is 30.7 Å². The zero-order valence-electron chi connectivity index (χ0n) is 9.14. The van der Waals surface area contributed by atoms with E-state index in [1.807, 2.05) is 0 Å². The fraction of sp³-hybridized carbons (Fsp3) is 0.667. The van der Waals surface area contributed by atoms with E-state index in [0.717, 1.165) is 0 Å². The summed E-state index contributed by atoms with van der Waals surface area (Å²) < 4.78 is 0. The molecule has 0 aromatic carbocycles. The van der Waals surface area contributed by atoms with Crippen molar-refractivity contribution >= 4 is 0 Å². The van der Waals surface area contributed by atoms with Crippen LogP contribution in [0.25, 0.3) is 0 Å². The first-order valence-corrected chi connectivity index (χ1v) is 5.20. The summed E-state index contributed by atoms with van der Waals surface area (Å²) in [5.74, 6) is 1.22. The van der Waals surface area contributed by atoms with Gasteiger partial charge < -0.3 is 4.90 Å². The quantitative estimate of drug-likeness (QED) is 0.642. The number of hydrogen-bond acceptors (Lipinski definition) is 1. The highest BCUT2D eigenvalue weighted by atomic mass is 15.2. The number of allylic oxidation sites excluding steroid dienone is 2. The van der Waals surface area contributed by atoms with E-state index >= 15 is 0 Å². The van der Waals surface area contributed by atoms with Gasteiger partial charge in [0.15, 0.2) is 0 Å². The SMILES string of the molecule is C=C1C(C)C(CCCC)C(=C)N1C. The third-order valence-corrected chi connectivity index (χ3v) is 3.29. The van der Waals surface area contributed by atoms with Gasteiger partial charge in [-0.1, -0.05) is 39.8 Å². The molecular formula is C12H21N. The van der Waals surface area contributed by atoms with Crippen molar-refractivity contribution in [1.82, 2.24) is 4.90 Å². The van der Waals surface area contributed by atoms with Crippen LogP contribution in [0.1, 0.15) is 33.1 Å². The van der Waals surface area contributed by atoms with Crippen molar-refractivity contribution < 1.29 is 0 Å². The Labute approximate surface area is 82.1 Å². The van der Waals surface area contributed by atoms with Crippen molar-refractivity contribution in [3.63, 3.8) is 0 Å². The van der Waals surface area contributed by atoms with Gasteiger partial charge in [-0.15, -0.1) is 0 Å². The normalized spacial score (nSPS) is 28.7. The molecule has 13 heavy (non-hydrogen) atoms. The highest BCUT2D eigenvalue weighted by Crippen LogP contribution is 2.40. The first kappa shape index (κ1) is 10.4. The van der Waals surface area contributed by atoms with Crippen molar-refractivity contribution in [2.24, 2.45) is 11.8 Å². The van der Waals surface area contributed by atoms with Crippen LogP contribution < -0.4 is 0 Å². The van der Waals surface area contributed by atoms with E-state index < -0.39 is 0 Å². The Balaban J connectivity index is 2.64. The number of hydrogen-bond donors (Lipinski definition) is 0. The van der Waals surface area contributed by atoms with Crippen LogP contribution in [0.4, 0.5) is 0 Å². The van der Waals surface area contributed by atoms with E-state index in [-0.39, 0.29) is 0 Å². The summed E-state index contributed by atoms with van der Waals surface area (Å²) in [7, 11) is 2.08. The van der Waals surface area contributed by atoms with Gasteiger partial charge in [-0.25, -0.2) is 0 Å². The molecule has 74 valence electrons. The molecule has 1 rings (SSSR count). The molecule has 0 N–H and O–H groups in total. The Bertz CT molecular complexity index is 217. The highest BCUT2D eigenvalue weighted by Gasteiger charge is 2.33. The molecule has 1 saturated heterocycles. The van der Waals surface area contributed by atoms with Gasteiger partial charge in [0.25, 0.3) is 0 Å². The molecule has 0 aliphatic carbocycles. The minimum atomic E-state index is 0.587. The van der Waals surface area contributed by atoms with Crippen molar-refractivity contribution in [1.29, 1.82) is 0 Å². The Morgan fingerprint density at radius 1 is 1.31 bits per heavy atom. The minimum absolute atomic E-state index is 0.587. The standard InChI is InChI=1S/C12H21N/c1-6-7-8-12-9(2)10(3)13(5)11(12)4/h9,12H,3-4,6-8H2,1-2,5H3. The summed E-state index contributed by atoms with van der Waals surface area (Å²) in [6, 6.07) is 0. The summed E-state index contributed by atoms with van der Waals surface area (Å²) in [6.07, 6.45) is 3.84. The lowest BCUT2D eigenvalue weighted by molar-refractivity contribution is 0.456. The molecule has 1 aliphatic heterocycles. The Kier molecular flexibility index (Phi) is 3.18. The van der Waals surface area contributed by atoms with Crippen LogP contribution in [-0.2, 0) is 0 Å². The number of rotatable bonds is 3. The van der Waals surface area contributed by atoms with E-state index in [0.29, 0.717) is 11.8 Å². The third kappa shape index (κ3) is 1.79. The molecule has 0 saturated carbocycles. The zero-order chi connectivity index (χ0) is 10.0. The second kappa shape index (κ2) is 3.99. The molecule has 1 aliphatic rings. The maximum Gasteiger partial charge on any atom is 0.0139 e. The van der Waals surface area contributed by atoms with Gasteiger partial charge in [0.1, 0.15) is 0 Å². The molecule has 2 unspecified atom stereocenters.